The van der Waals surface area contributed by atoms with Gasteiger partial charge in [0.25, 0.3) is 5.91 Å². The molecule has 5 heteroatoms. The van der Waals surface area contributed by atoms with Crippen molar-refractivity contribution in [2.45, 2.75) is 19.5 Å². The van der Waals surface area contributed by atoms with E-state index in [-0.39, 0.29) is 17.9 Å². The van der Waals surface area contributed by atoms with Crippen molar-refractivity contribution in [3.63, 3.8) is 0 Å². The fourth-order valence-corrected chi connectivity index (χ4v) is 2.30. The second-order valence-electron chi connectivity index (χ2n) is 5.72. The minimum absolute atomic E-state index is 0.0503. The third kappa shape index (κ3) is 4.67. The molecule has 0 saturated heterocycles. The molecule has 0 aliphatic heterocycles. The molecule has 24 heavy (non-hydrogen) atoms. The van der Waals surface area contributed by atoms with Gasteiger partial charge in [0, 0.05) is 24.8 Å². The van der Waals surface area contributed by atoms with E-state index in [1.807, 2.05) is 61.3 Å². The number of likely N-dealkylation sites (N-methyl/N-ethyl adjacent to an activating group) is 1. The van der Waals surface area contributed by atoms with E-state index in [0.29, 0.717) is 12.1 Å². The highest BCUT2D eigenvalue weighted by Crippen LogP contribution is 2.11. The summed E-state index contributed by atoms with van der Waals surface area (Å²) in [6.45, 7) is 2.49. The van der Waals surface area contributed by atoms with Gasteiger partial charge in [0.15, 0.2) is 0 Å². The Morgan fingerprint density at radius 3 is 2.25 bits per heavy atom. The van der Waals surface area contributed by atoms with Gasteiger partial charge in [-0.3, -0.25) is 14.5 Å². The fraction of sp³-hybridized carbons (Fsp3) is 0.263. The first-order valence-corrected chi connectivity index (χ1v) is 7.88. The molecule has 0 heterocycles. The Balaban J connectivity index is 1.94. The Morgan fingerprint density at radius 1 is 1.04 bits per heavy atom. The topological polar surface area (TPSA) is 61.4 Å². The average molecular weight is 325 g/mol. The fourth-order valence-electron chi connectivity index (χ4n) is 2.30. The van der Waals surface area contributed by atoms with E-state index < -0.39 is 0 Å². The van der Waals surface area contributed by atoms with Gasteiger partial charge in [-0.1, -0.05) is 30.3 Å². The molecule has 0 spiro atoms. The second-order valence-corrected chi connectivity index (χ2v) is 5.72. The first-order chi connectivity index (χ1) is 11.5. The van der Waals surface area contributed by atoms with Gasteiger partial charge in [-0.05, 0) is 43.8 Å². The predicted molar refractivity (Wildman–Crippen MR) is 95.8 cm³/mol. The maximum atomic E-state index is 12.3. The molecule has 2 aromatic rings. The van der Waals surface area contributed by atoms with Gasteiger partial charge in [-0.15, -0.1) is 0 Å². The van der Waals surface area contributed by atoms with Crippen molar-refractivity contribution < 1.29 is 9.59 Å². The lowest BCUT2D eigenvalue weighted by Gasteiger charge is -2.24. The molecule has 5 nitrogen and oxygen atoms in total. The van der Waals surface area contributed by atoms with Crippen molar-refractivity contribution in [2.75, 3.05) is 19.4 Å². The second kappa shape index (κ2) is 8.26. The molecule has 0 unspecified atom stereocenters. The third-order valence-electron chi connectivity index (χ3n) is 3.96. The normalized spacial score (nSPS) is 11.8. The van der Waals surface area contributed by atoms with Crippen LogP contribution < -0.4 is 10.6 Å². The molecule has 0 bridgehead atoms. The number of para-hydroxylation sites is 1. The molecule has 0 radical (unpaired) electrons. The molecule has 0 aliphatic rings. The van der Waals surface area contributed by atoms with E-state index in [1.54, 1.807) is 19.2 Å². The van der Waals surface area contributed by atoms with Crippen molar-refractivity contribution in [2.24, 2.45) is 0 Å². The van der Waals surface area contributed by atoms with E-state index in [4.69, 9.17) is 0 Å². The van der Waals surface area contributed by atoms with Crippen LogP contribution in [0.4, 0.5) is 5.69 Å². The Hall–Kier alpha value is -2.66. The molecule has 0 aromatic heterocycles. The monoisotopic (exact) mass is 325 g/mol. The van der Waals surface area contributed by atoms with Crippen LogP contribution >= 0.6 is 0 Å². The standard InChI is InChI=1S/C19H23N3O2/c1-14(18(23)21-17-7-5-4-6-8-17)22(3)13-15-9-11-16(12-10-15)19(24)20-2/h4-12,14H,13H2,1-3H3,(H,20,24)(H,21,23)/t14-/m0/s1. The van der Waals surface area contributed by atoms with Crippen LogP contribution in [-0.2, 0) is 11.3 Å². The number of carbonyl (C=O) groups excluding carboxylic acids is 2. The molecule has 2 amide bonds. The molecular weight excluding hydrogens is 302 g/mol. The van der Waals surface area contributed by atoms with Gasteiger partial charge >= 0.3 is 0 Å². The number of amides is 2. The van der Waals surface area contributed by atoms with E-state index in [9.17, 15) is 9.59 Å². The molecule has 126 valence electrons. The Labute approximate surface area is 142 Å². The maximum absolute atomic E-state index is 12.3. The number of nitrogens with one attached hydrogen (secondary N) is 2. The number of anilines is 1. The summed E-state index contributed by atoms with van der Waals surface area (Å²) in [5, 5.41) is 5.50. The highest BCUT2D eigenvalue weighted by Gasteiger charge is 2.18. The number of benzene rings is 2. The number of hydrogen-bond donors (Lipinski definition) is 2. The number of rotatable bonds is 6. The van der Waals surface area contributed by atoms with Crippen LogP contribution in [0, 0.1) is 0 Å². The minimum atomic E-state index is -0.274. The van der Waals surface area contributed by atoms with Gasteiger partial charge in [0.1, 0.15) is 0 Å². The summed E-state index contributed by atoms with van der Waals surface area (Å²) in [6, 6.07) is 16.5. The number of carbonyl (C=O) groups is 2. The number of nitrogens with zero attached hydrogens (tertiary/aromatic N) is 1. The summed E-state index contributed by atoms with van der Waals surface area (Å²) in [7, 11) is 3.51. The Kier molecular flexibility index (Phi) is 6.09. The molecule has 0 aliphatic carbocycles. The highest BCUT2D eigenvalue weighted by molar-refractivity contribution is 5.94. The van der Waals surface area contributed by atoms with Crippen LogP contribution in [0.2, 0.25) is 0 Å². The van der Waals surface area contributed by atoms with Crippen molar-refractivity contribution in [1.82, 2.24) is 10.2 Å². The zero-order valence-corrected chi connectivity index (χ0v) is 14.2. The summed E-state index contributed by atoms with van der Waals surface area (Å²) in [6.07, 6.45) is 0. The summed E-state index contributed by atoms with van der Waals surface area (Å²) >= 11 is 0. The Bertz CT molecular complexity index is 684. The van der Waals surface area contributed by atoms with Gasteiger partial charge in [-0.2, -0.15) is 0 Å². The molecule has 2 N–H and O–H groups in total. The van der Waals surface area contributed by atoms with Crippen LogP contribution in [0.25, 0.3) is 0 Å². The third-order valence-corrected chi connectivity index (χ3v) is 3.96. The molecular formula is C19H23N3O2. The van der Waals surface area contributed by atoms with Crippen LogP contribution in [0.3, 0.4) is 0 Å². The van der Waals surface area contributed by atoms with Gasteiger partial charge in [0.2, 0.25) is 5.91 Å². The molecule has 1 atom stereocenters. The average Bonchev–Trinajstić information content (AvgIpc) is 2.61. The molecule has 0 fully saturated rings. The van der Waals surface area contributed by atoms with Crippen molar-refractivity contribution in [1.29, 1.82) is 0 Å². The maximum Gasteiger partial charge on any atom is 0.251 e. The summed E-state index contributed by atoms with van der Waals surface area (Å²) in [5.41, 5.74) is 2.46. The van der Waals surface area contributed by atoms with Crippen LogP contribution in [0.5, 0.6) is 0 Å². The lowest BCUT2D eigenvalue weighted by molar-refractivity contribution is -0.120. The molecule has 0 saturated carbocycles. The lowest BCUT2D eigenvalue weighted by Crippen LogP contribution is -2.39. The SMILES string of the molecule is CNC(=O)c1ccc(CN(C)[C@@H](C)C(=O)Nc2ccccc2)cc1. The molecule has 2 aromatic carbocycles. The van der Waals surface area contributed by atoms with Crippen LogP contribution in [-0.4, -0.2) is 36.9 Å². The van der Waals surface area contributed by atoms with Crippen molar-refractivity contribution in [3.05, 3.63) is 65.7 Å². The number of hydrogen-bond acceptors (Lipinski definition) is 3. The van der Waals surface area contributed by atoms with Gasteiger partial charge in [-0.25, -0.2) is 0 Å². The quantitative estimate of drug-likeness (QED) is 0.858. The first-order valence-electron chi connectivity index (χ1n) is 7.88. The van der Waals surface area contributed by atoms with E-state index in [2.05, 4.69) is 10.6 Å². The van der Waals surface area contributed by atoms with E-state index >= 15 is 0 Å². The first kappa shape index (κ1) is 17.7. The predicted octanol–water partition coefficient (Wildman–Crippen LogP) is 2.51. The van der Waals surface area contributed by atoms with Crippen LogP contribution in [0.1, 0.15) is 22.8 Å². The zero-order valence-electron chi connectivity index (χ0n) is 14.2. The van der Waals surface area contributed by atoms with E-state index in [0.717, 1.165) is 11.3 Å². The van der Waals surface area contributed by atoms with Crippen LogP contribution in [0.15, 0.2) is 54.6 Å². The smallest absolute Gasteiger partial charge is 0.251 e. The van der Waals surface area contributed by atoms with Crippen molar-refractivity contribution in [3.8, 4) is 0 Å². The van der Waals surface area contributed by atoms with Gasteiger partial charge in [0.05, 0.1) is 6.04 Å². The van der Waals surface area contributed by atoms with Gasteiger partial charge < -0.3 is 10.6 Å². The zero-order chi connectivity index (χ0) is 17.5. The minimum Gasteiger partial charge on any atom is -0.355 e. The largest absolute Gasteiger partial charge is 0.355 e. The summed E-state index contributed by atoms with van der Waals surface area (Å²) in [4.78, 5) is 25.8. The summed E-state index contributed by atoms with van der Waals surface area (Å²) in [5.74, 6) is -0.156. The van der Waals surface area contributed by atoms with E-state index in [1.165, 1.54) is 0 Å². The summed E-state index contributed by atoms with van der Waals surface area (Å²) < 4.78 is 0. The van der Waals surface area contributed by atoms with Crippen molar-refractivity contribution >= 4 is 17.5 Å². The lowest BCUT2D eigenvalue weighted by atomic mass is 10.1. The molecule has 2 rings (SSSR count). The highest BCUT2D eigenvalue weighted by atomic mass is 16.2. The Morgan fingerprint density at radius 2 is 1.67 bits per heavy atom.